The van der Waals surface area contributed by atoms with Crippen molar-refractivity contribution in [1.29, 1.82) is 0 Å². The summed E-state index contributed by atoms with van der Waals surface area (Å²) in [6.07, 6.45) is 1.70. The number of carboxylic acids is 1. The van der Waals surface area contributed by atoms with E-state index in [1.807, 2.05) is 109 Å². The van der Waals surface area contributed by atoms with E-state index >= 15 is 0 Å². The smallest absolute Gasteiger partial charge is 0.304 e. The van der Waals surface area contributed by atoms with Gasteiger partial charge in [0.2, 0.25) is 11.8 Å². The Kier molecular flexibility index (Phi) is 11.0. The molecule has 4 rings (SSSR count). The maximum absolute atomic E-state index is 13.2. The minimum absolute atomic E-state index is 0.337. The molecule has 0 heterocycles. The van der Waals surface area contributed by atoms with Crippen LogP contribution < -0.4 is 10.8 Å². The van der Waals surface area contributed by atoms with Gasteiger partial charge in [0.25, 0.3) is 0 Å². The van der Waals surface area contributed by atoms with Crippen molar-refractivity contribution in [2.45, 2.75) is 37.7 Å². The van der Waals surface area contributed by atoms with Gasteiger partial charge in [-0.25, -0.2) is 5.48 Å². The minimum Gasteiger partial charge on any atom is -0.481 e. The molecule has 0 radical (unpaired) electrons. The van der Waals surface area contributed by atoms with Crippen molar-refractivity contribution in [2.24, 2.45) is 5.92 Å². The van der Waals surface area contributed by atoms with Crippen LogP contribution in [0, 0.1) is 5.92 Å². The number of carboxylic acid groups (broad SMARTS) is 1. The van der Waals surface area contributed by atoms with E-state index in [-0.39, 0.29) is 6.42 Å². The number of aliphatic carboxylic acids is 1. The fraction of sp³-hybridized carbons (Fsp3) is 0.229. The molecule has 7 nitrogen and oxygen atoms in total. The van der Waals surface area contributed by atoms with Crippen LogP contribution in [0.25, 0.3) is 0 Å². The Balaban J connectivity index is 1.45. The second-order valence-electron chi connectivity index (χ2n) is 10.1. The number of hydroxylamine groups is 1. The maximum atomic E-state index is 13.2. The van der Waals surface area contributed by atoms with Crippen LogP contribution in [0.3, 0.4) is 0 Å². The number of aryl methyl sites for hydroxylation is 1. The highest BCUT2D eigenvalue weighted by atomic mass is 16.7. The molecular weight excluding hydrogens is 528 g/mol. The van der Waals surface area contributed by atoms with E-state index in [1.54, 1.807) is 0 Å². The summed E-state index contributed by atoms with van der Waals surface area (Å²) in [6, 6.07) is 38.7. The number of unbranched alkanes of at least 4 members (excludes halogenated alkanes) is 1. The van der Waals surface area contributed by atoms with Gasteiger partial charge in [0.15, 0.2) is 5.60 Å². The third kappa shape index (κ3) is 8.15. The number of amides is 2. The van der Waals surface area contributed by atoms with Crippen LogP contribution in [-0.2, 0) is 31.2 Å². The summed E-state index contributed by atoms with van der Waals surface area (Å²) in [5.74, 6) is -3.25. The highest BCUT2D eigenvalue weighted by molar-refractivity contribution is 5.88. The molecule has 7 heteroatoms. The molecule has 0 aliphatic rings. The zero-order valence-corrected chi connectivity index (χ0v) is 23.4. The molecule has 216 valence electrons. The van der Waals surface area contributed by atoms with Gasteiger partial charge in [-0.3, -0.25) is 19.2 Å². The molecule has 0 fully saturated rings. The number of benzene rings is 4. The number of carbonyl (C=O) groups excluding carboxylic acids is 2. The van der Waals surface area contributed by atoms with Crippen LogP contribution in [0.5, 0.6) is 0 Å². The molecule has 2 amide bonds. The van der Waals surface area contributed by atoms with E-state index in [2.05, 4.69) is 22.9 Å². The van der Waals surface area contributed by atoms with Crippen molar-refractivity contribution in [2.75, 3.05) is 6.54 Å². The Labute approximate surface area is 246 Å². The van der Waals surface area contributed by atoms with Crippen molar-refractivity contribution in [1.82, 2.24) is 10.8 Å². The Hall–Kier alpha value is -4.75. The van der Waals surface area contributed by atoms with E-state index in [4.69, 9.17) is 4.84 Å². The fourth-order valence-electron chi connectivity index (χ4n) is 5.02. The van der Waals surface area contributed by atoms with Crippen molar-refractivity contribution in [3.8, 4) is 0 Å². The van der Waals surface area contributed by atoms with Gasteiger partial charge in [-0.05, 0) is 41.5 Å². The molecule has 0 saturated carbocycles. The number of hydrogen-bond acceptors (Lipinski definition) is 4. The standard InChI is InChI=1S/C35H36N2O5/c38-32(25-28(26-33(39)40)34(41)36-24-14-13-17-27-15-5-1-6-16-27)37-42-35(29-18-7-2-8-19-29,30-20-9-3-10-21-30)31-22-11-4-12-23-31/h1-12,15-16,18-23,28H,13-14,17,24-26H2,(H,36,41)(H,37,38)(H,39,40). The van der Waals surface area contributed by atoms with Crippen LogP contribution in [0.15, 0.2) is 121 Å². The summed E-state index contributed by atoms with van der Waals surface area (Å²) >= 11 is 0. The number of nitrogens with one attached hydrogen (secondary N) is 2. The number of carbonyl (C=O) groups is 3. The Morgan fingerprint density at radius 2 is 1.14 bits per heavy atom. The van der Waals surface area contributed by atoms with Crippen LogP contribution in [0.4, 0.5) is 0 Å². The van der Waals surface area contributed by atoms with E-state index < -0.39 is 35.7 Å². The van der Waals surface area contributed by atoms with Gasteiger partial charge in [0.05, 0.1) is 12.3 Å². The second-order valence-corrected chi connectivity index (χ2v) is 10.1. The molecule has 0 spiro atoms. The molecule has 0 aliphatic carbocycles. The molecule has 1 atom stereocenters. The lowest BCUT2D eigenvalue weighted by Gasteiger charge is -2.35. The van der Waals surface area contributed by atoms with E-state index in [0.29, 0.717) is 6.54 Å². The van der Waals surface area contributed by atoms with E-state index in [1.165, 1.54) is 5.56 Å². The van der Waals surface area contributed by atoms with Crippen molar-refractivity contribution in [3.05, 3.63) is 144 Å². The largest absolute Gasteiger partial charge is 0.481 e. The molecule has 4 aromatic rings. The Bertz CT molecular complexity index is 1320. The highest BCUT2D eigenvalue weighted by Gasteiger charge is 2.39. The van der Waals surface area contributed by atoms with E-state index in [0.717, 1.165) is 36.0 Å². The van der Waals surface area contributed by atoms with Crippen LogP contribution in [0.2, 0.25) is 0 Å². The lowest BCUT2D eigenvalue weighted by molar-refractivity contribution is -0.148. The first kappa shape index (κ1) is 30.2. The summed E-state index contributed by atoms with van der Waals surface area (Å²) < 4.78 is 0. The van der Waals surface area contributed by atoms with Crippen molar-refractivity contribution >= 4 is 17.8 Å². The van der Waals surface area contributed by atoms with Crippen LogP contribution in [-0.4, -0.2) is 29.4 Å². The number of rotatable bonds is 15. The van der Waals surface area contributed by atoms with Crippen LogP contribution in [0.1, 0.15) is 47.9 Å². The lowest BCUT2D eigenvalue weighted by Crippen LogP contribution is -2.42. The summed E-state index contributed by atoms with van der Waals surface area (Å²) in [6.45, 7) is 0.402. The molecule has 1 unspecified atom stereocenters. The first-order chi connectivity index (χ1) is 20.5. The van der Waals surface area contributed by atoms with Crippen LogP contribution >= 0.6 is 0 Å². The molecule has 3 N–H and O–H groups in total. The second kappa shape index (κ2) is 15.3. The molecule has 0 aliphatic heterocycles. The van der Waals surface area contributed by atoms with Gasteiger partial charge in [0, 0.05) is 13.0 Å². The van der Waals surface area contributed by atoms with Gasteiger partial charge >= 0.3 is 5.97 Å². The molecule has 0 saturated heterocycles. The lowest BCUT2D eigenvalue weighted by atomic mass is 9.80. The average molecular weight is 565 g/mol. The Morgan fingerprint density at radius 3 is 1.62 bits per heavy atom. The van der Waals surface area contributed by atoms with Gasteiger partial charge in [-0.15, -0.1) is 0 Å². The molecule has 4 aromatic carbocycles. The Morgan fingerprint density at radius 1 is 0.667 bits per heavy atom. The SMILES string of the molecule is O=C(O)CC(CC(=O)NOC(c1ccccc1)(c1ccccc1)c1ccccc1)C(=O)NCCCCc1ccccc1. The topological polar surface area (TPSA) is 105 Å². The van der Waals surface area contributed by atoms with Crippen molar-refractivity contribution in [3.63, 3.8) is 0 Å². The first-order valence-corrected chi connectivity index (χ1v) is 14.2. The molecule has 0 bridgehead atoms. The molecule has 42 heavy (non-hydrogen) atoms. The quantitative estimate of drug-likeness (QED) is 0.0984. The van der Waals surface area contributed by atoms with Crippen molar-refractivity contribution < 1.29 is 24.3 Å². The van der Waals surface area contributed by atoms with Gasteiger partial charge in [-0.2, -0.15) is 0 Å². The van der Waals surface area contributed by atoms with Gasteiger partial charge in [0.1, 0.15) is 0 Å². The summed E-state index contributed by atoms with van der Waals surface area (Å²) in [4.78, 5) is 44.0. The third-order valence-corrected chi connectivity index (χ3v) is 7.12. The minimum atomic E-state index is -1.19. The summed E-state index contributed by atoms with van der Waals surface area (Å²) in [5.41, 5.74) is 4.96. The predicted molar refractivity (Wildman–Crippen MR) is 161 cm³/mol. The predicted octanol–water partition coefficient (Wildman–Crippen LogP) is 5.65. The maximum Gasteiger partial charge on any atom is 0.304 e. The molecular formula is C35H36N2O5. The van der Waals surface area contributed by atoms with E-state index in [9.17, 15) is 19.5 Å². The first-order valence-electron chi connectivity index (χ1n) is 14.2. The average Bonchev–Trinajstić information content (AvgIpc) is 3.02. The fourth-order valence-corrected chi connectivity index (χ4v) is 5.02. The summed E-state index contributed by atoms with van der Waals surface area (Å²) in [5, 5.41) is 12.3. The normalized spacial score (nSPS) is 11.8. The zero-order valence-electron chi connectivity index (χ0n) is 23.4. The van der Waals surface area contributed by atoms with Gasteiger partial charge < -0.3 is 10.4 Å². The number of hydrogen-bond donors (Lipinski definition) is 3. The zero-order chi connectivity index (χ0) is 29.6. The highest BCUT2D eigenvalue weighted by Crippen LogP contribution is 2.39. The van der Waals surface area contributed by atoms with Gasteiger partial charge in [-0.1, -0.05) is 121 Å². The summed E-state index contributed by atoms with van der Waals surface area (Å²) in [7, 11) is 0. The monoisotopic (exact) mass is 564 g/mol. The molecule has 0 aromatic heterocycles. The third-order valence-electron chi connectivity index (χ3n) is 7.12.